The van der Waals surface area contributed by atoms with Gasteiger partial charge in [-0.2, -0.15) is 4.98 Å². The predicted octanol–water partition coefficient (Wildman–Crippen LogP) is 4.19. The zero-order valence-corrected chi connectivity index (χ0v) is 24.7. The molecule has 1 aromatic carbocycles. The van der Waals surface area contributed by atoms with Crippen LogP contribution in [0.15, 0.2) is 24.4 Å². The Morgan fingerprint density at radius 1 is 1.12 bits per heavy atom. The minimum absolute atomic E-state index is 0.0672. The van der Waals surface area contributed by atoms with Crippen LogP contribution in [0, 0.1) is 11.8 Å². The Bertz CT molecular complexity index is 1300. The minimum Gasteiger partial charge on any atom is -0.495 e. The van der Waals surface area contributed by atoms with E-state index < -0.39 is 0 Å². The molecule has 220 valence electrons. The summed E-state index contributed by atoms with van der Waals surface area (Å²) in [5.41, 5.74) is 1.98. The number of likely N-dealkylation sites (N-methyl/N-ethyl adjacent to an activating group) is 1. The zero-order valence-electron chi connectivity index (χ0n) is 24.7. The quantitative estimate of drug-likeness (QED) is 0.519. The first-order valence-electron chi connectivity index (χ1n) is 15.2. The van der Waals surface area contributed by atoms with E-state index in [0.29, 0.717) is 40.8 Å². The minimum atomic E-state index is -0.226. The predicted molar refractivity (Wildman–Crippen MR) is 160 cm³/mol. The number of hydrogen-bond donors (Lipinski definition) is 2. The molecule has 3 heterocycles. The smallest absolute Gasteiger partial charge is 0.251 e. The Labute approximate surface area is 242 Å². The van der Waals surface area contributed by atoms with Crippen LogP contribution in [-0.4, -0.2) is 79.1 Å². The van der Waals surface area contributed by atoms with E-state index in [2.05, 4.69) is 39.4 Å². The Kier molecular flexibility index (Phi) is 7.76. The van der Waals surface area contributed by atoms with E-state index in [1.165, 1.54) is 19.3 Å². The molecule has 2 saturated carbocycles. The molecule has 1 aromatic heterocycles. The van der Waals surface area contributed by atoms with Crippen molar-refractivity contribution >= 4 is 35.0 Å². The number of aromatic nitrogens is 2. The number of carbonyl (C=O) groups is 2. The Balaban J connectivity index is 1.20. The average molecular weight is 562 g/mol. The summed E-state index contributed by atoms with van der Waals surface area (Å²) in [7, 11) is 5.59. The summed E-state index contributed by atoms with van der Waals surface area (Å²) in [5, 5.41) is 6.58. The van der Waals surface area contributed by atoms with Crippen LogP contribution >= 0.6 is 0 Å². The molecular weight excluding hydrogens is 518 g/mol. The van der Waals surface area contributed by atoms with Crippen molar-refractivity contribution in [1.29, 1.82) is 0 Å². The normalized spacial score (nSPS) is 26.6. The van der Waals surface area contributed by atoms with Crippen LogP contribution in [0.3, 0.4) is 0 Å². The monoisotopic (exact) mass is 561 g/mol. The van der Waals surface area contributed by atoms with Crippen molar-refractivity contribution in [3.63, 3.8) is 0 Å². The van der Waals surface area contributed by atoms with Crippen LogP contribution in [0.5, 0.6) is 5.75 Å². The first-order valence-corrected chi connectivity index (χ1v) is 15.2. The number of hydrogen-bond acceptors (Lipinski definition) is 8. The molecule has 41 heavy (non-hydrogen) atoms. The highest BCUT2D eigenvalue weighted by Gasteiger charge is 2.41. The number of anilines is 4. The molecule has 1 saturated heterocycles. The SMILES string of the molecule is CC[C@@H]1C(=O)N(C)c2cnc(Nc3ccc(C(=O)N[C@@H]4CC5CCN(C)CC5C4)cc3OC)nc2N1C1CCCC1. The van der Waals surface area contributed by atoms with Gasteiger partial charge in [-0.3, -0.25) is 9.59 Å². The van der Waals surface area contributed by atoms with Crippen molar-refractivity contribution in [2.45, 2.75) is 76.4 Å². The third-order valence-electron chi connectivity index (χ3n) is 9.73. The highest BCUT2D eigenvalue weighted by Crippen LogP contribution is 2.41. The third-order valence-corrected chi connectivity index (χ3v) is 9.73. The van der Waals surface area contributed by atoms with Gasteiger partial charge in [0, 0.05) is 31.2 Å². The number of piperidine rings is 1. The lowest BCUT2D eigenvalue weighted by atomic mass is 9.89. The van der Waals surface area contributed by atoms with E-state index in [0.717, 1.165) is 56.7 Å². The van der Waals surface area contributed by atoms with Gasteiger partial charge in [0.05, 0.1) is 19.0 Å². The molecule has 6 rings (SSSR count). The fourth-order valence-corrected chi connectivity index (χ4v) is 7.55. The Morgan fingerprint density at radius 3 is 2.66 bits per heavy atom. The lowest BCUT2D eigenvalue weighted by Crippen LogP contribution is -2.55. The van der Waals surface area contributed by atoms with Crippen molar-refractivity contribution in [2.75, 3.05) is 49.4 Å². The highest BCUT2D eigenvalue weighted by atomic mass is 16.5. The topological polar surface area (TPSA) is 103 Å². The van der Waals surface area contributed by atoms with Crippen LogP contribution in [0.4, 0.5) is 23.1 Å². The summed E-state index contributed by atoms with van der Waals surface area (Å²) >= 11 is 0. The molecular formula is C31H43N7O3. The van der Waals surface area contributed by atoms with Gasteiger partial charge in [0.1, 0.15) is 17.5 Å². The molecule has 4 aliphatic rings. The molecule has 3 fully saturated rings. The molecule has 0 bridgehead atoms. The largest absolute Gasteiger partial charge is 0.495 e. The van der Waals surface area contributed by atoms with E-state index in [1.54, 1.807) is 31.3 Å². The van der Waals surface area contributed by atoms with Crippen LogP contribution in [0.2, 0.25) is 0 Å². The van der Waals surface area contributed by atoms with E-state index in [9.17, 15) is 9.59 Å². The standard InChI is InChI=1S/C31H43N7O3/c1-5-25-30(40)37(3)26-17-32-31(35-28(26)38(25)23-8-6-7-9-23)34-24-11-10-20(16-27(24)41-4)29(39)33-22-14-19-12-13-36(2)18-21(19)15-22/h10-11,16-17,19,21-23,25H,5-9,12-15,18H2,1-4H3,(H,33,39)(H,32,34,35)/t19?,21?,22-,25-/m1/s1. The van der Waals surface area contributed by atoms with Gasteiger partial charge in [0.15, 0.2) is 5.82 Å². The number of likely N-dealkylation sites (tertiary alicyclic amines) is 1. The molecule has 2 amide bonds. The first-order chi connectivity index (χ1) is 19.9. The lowest BCUT2D eigenvalue weighted by molar-refractivity contribution is -0.120. The van der Waals surface area contributed by atoms with E-state index >= 15 is 0 Å². The first kappa shape index (κ1) is 27.8. The summed E-state index contributed by atoms with van der Waals surface area (Å²) in [5.74, 6) is 3.18. The number of amides is 2. The van der Waals surface area contributed by atoms with Crippen LogP contribution in [0.25, 0.3) is 0 Å². The maximum absolute atomic E-state index is 13.2. The van der Waals surface area contributed by atoms with Crippen LogP contribution in [-0.2, 0) is 4.79 Å². The second-order valence-corrected chi connectivity index (χ2v) is 12.3. The average Bonchev–Trinajstić information content (AvgIpc) is 3.64. The molecule has 2 N–H and O–H groups in total. The second-order valence-electron chi connectivity index (χ2n) is 12.3. The Morgan fingerprint density at radius 2 is 1.90 bits per heavy atom. The van der Waals surface area contributed by atoms with Gasteiger partial charge in [-0.05, 0) is 82.2 Å². The molecule has 4 atom stereocenters. The number of fused-ring (bicyclic) bond motifs is 2. The molecule has 10 nitrogen and oxygen atoms in total. The number of benzene rings is 1. The van der Waals surface area contributed by atoms with E-state index in [4.69, 9.17) is 9.72 Å². The molecule has 0 spiro atoms. The van der Waals surface area contributed by atoms with Crippen molar-refractivity contribution in [3.05, 3.63) is 30.0 Å². The van der Waals surface area contributed by atoms with Crippen molar-refractivity contribution in [2.24, 2.45) is 11.8 Å². The molecule has 2 aliphatic carbocycles. The van der Waals surface area contributed by atoms with Gasteiger partial charge in [-0.25, -0.2) is 4.98 Å². The molecule has 2 unspecified atom stereocenters. The van der Waals surface area contributed by atoms with Gasteiger partial charge < -0.3 is 30.1 Å². The van der Waals surface area contributed by atoms with Crippen LogP contribution < -0.4 is 25.2 Å². The van der Waals surface area contributed by atoms with Crippen LogP contribution in [0.1, 0.15) is 68.6 Å². The molecule has 2 aromatic rings. The maximum atomic E-state index is 13.2. The van der Waals surface area contributed by atoms with Gasteiger partial charge in [-0.1, -0.05) is 19.8 Å². The lowest BCUT2D eigenvalue weighted by Gasteiger charge is -2.43. The summed E-state index contributed by atoms with van der Waals surface area (Å²) in [6.07, 6.45) is 10.2. The van der Waals surface area contributed by atoms with E-state index in [-0.39, 0.29) is 23.9 Å². The van der Waals surface area contributed by atoms with Crippen molar-refractivity contribution in [1.82, 2.24) is 20.2 Å². The van der Waals surface area contributed by atoms with Gasteiger partial charge in [0.2, 0.25) is 11.9 Å². The fraction of sp³-hybridized carbons (Fsp3) is 0.613. The Hall–Kier alpha value is -3.40. The highest BCUT2D eigenvalue weighted by molar-refractivity contribution is 6.04. The van der Waals surface area contributed by atoms with E-state index in [1.807, 2.05) is 12.1 Å². The third kappa shape index (κ3) is 5.34. The van der Waals surface area contributed by atoms with Crippen molar-refractivity contribution < 1.29 is 14.3 Å². The number of carbonyl (C=O) groups excluding carboxylic acids is 2. The zero-order chi connectivity index (χ0) is 28.7. The molecule has 2 aliphatic heterocycles. The summed E-state index contributed by atoms with van der Waals surface area (Å²) in [6.45, 7) is 4.33. The number of ether oxygens (including phenoxy) is 1. The number of methoxy groups -OCH3 is 1. The summed E-state index contributed by atoms with van der Waals surface area (Å²) in [4.78, 5) is 42.2. The number of nitrogens with zero attached hydrogens (tertiary/aromatic N) is 5. The van der Waals surface area contributed by atoms with Gasteiger partial charge >= 0.3 is 0 Å². The van der Waals surface area contributed by atoms with Crippen molar-refractivity contribution in [3.8, 4) is 5.75 Å². The summed E-state index contributed by atoms with van der Waals surface area (Å²) in [6, 6.07) is 5.73. The fourth-order valence-electron chi connectivity index (χ4n) is 7.55. The number of rotatable bonds is 7. The van der Waals surface area contributed by atoms with Gasteiger partial charge in [-0.15, -0.1) is 0 Å². The summed E-state index contributed by atoms with van der Waals surface area (Å²) < 4.78 is 5.68. The molecule has 10 heteroatoms. The maximum Gasteiger partial charge on any atom is 0.251 e. The molecule has 0 radical (unpaired) electrons. The number of nitrogens with one attached hydrogen (secondary N) is 2. The second kappa shape index (κ2) is 11.5. The van der Waals surface area contributed by atoms with Gasteiger partial charge in [0.25, 0.3) is 5.91 Å².